The minimum atomic E-state index is -3.56. The van der Waals surface area contributed by atoms with Crippen molar-refractivity contribution >= 4 is 44.8 Å². The topological polar surface area (TPSA) is 86.8 Å². The monoisotopic (exact) mass is 511 g/mol. The molecule has 0 bridgehead atoms. The molecule has 1 aliphatic heterocycles. The van der Waals surface area contributed by atoms with Crippen LogP contribution in [0.2, 0.25) is 5.02 Å². The number of halogens is 1. The molecule has 3 aromatic carbocycles. The van der Waals surface area contributed by atoms with Crippen LogP contribution in [0, 0.1) is 0 Å². The number of nitrogens with one attached hydrogen (secondary N) is 1. The first-order chi connectivity index (χ1) is 16.7. The van der Waals surface area contributed by atoms with Crippen LogP contribution in [0.1, 0.15) is 39.1 Å². The molecule has 4 rings (SSSR count). The maximum Gasteiger partial charge on any atom is 0.255 e. The lowest BCUT2D eigenvalue weighted by Gasteiger charge is -2.23. The Morgan fingerprint density at radius 1 is 0.971 bits per heavy atom. The van der Waals surface area contributed by atoms with Crippen molar-refractivity contribution in [2.45, 2.75) is 19.4 Å². The number of sulfonamides is 1. The van der Waals surface area contributed by atoms with Gasteiger partial charge in [0.15, 0.2) is 0 Å². The number of anilines is 2. The number of hydrogen-bond donors (Lipinski definition) is 1. The van der Waals surface area contributed by atoms with Crippen molar-refractivity contribution in [2.24, 2.45) is 0 Å². The molecular formula is C26H26ClN3O4S. The van der Waals surface area contributed by atoms with Gasteiger partial charge in [-0.3, -0.25) is 13.9 Å². The number of carbonyl (C=O) groups excluding carboxylic acids is 2. The first kappa shape index (κ1) is 24.8. The second kappa shape index (κ2) is 10.5. The van der Waals surface area contributed by atoms with E-state index in [-0.39, 0.29) is 18.4 Å². The fourth-order valence-electron chi connectivity index (χ4n) is 4.02. The summed E-state index contributed by atoms with van der Waals surface area (Å²) in [4.78, 5) is 27.6. The van der Waals surface area contributed by atoms with E-state index in [0.717, 1.165) is 32.2 Å². The van der Waals surface area contributed by atoms with Crippen LogP contribution in [-0.4, -0.2) is 44.5 Å². The zero-order valence-corrected chi connectivity index (χ0v) is 20.8. The van der Waals surface area contributed by atoms with Gasteiger partial charge in [-0.1, -0.05) is 41.9 Å². The summed E-state index contributed by atoms with van der Waals surface area (Å²) in [5.74, 6) is -0.441. The van der Waals surface area contributed by atoms with Gasteiger partial charge in [-0.25, -0.2) is 8.42 Å². The van der Waals surface area contributed by atoms with E-state index in [4.69, 9.17) is 11.6 Å². The molecule has 2 amide bonds. The highest BCUT2D eigenvalue weighted by molar-refractivity contribution is 7.92. The average molecular weight is 512 g/mol. The van der Waals surface area contributed by atoms with Crippen LogP contribution in [0.4, 0.5) is 11.4 Å². The van der Waals surface area contributed by atoms with Gasteiger partial charge in [-0.2, -0.15) is 0 Å². The van der Waals surface area contributed by atoms with Gasteiger partial charge in [-0.15, -0.1) is 0 Å². The van der Waals surface area contributed by atoms with Crippen molar-refractivity contribution in [2.75, 3.05) is 29.0 Å². The number of carbonyl (C=O) groups is 2. The number of benzene rings is 3. The lowest BCUT2D eigenvalue weighted by atomic mass is 10.1. The van der Waals surface area contributed by atoms with Gasteiger partial charge in [0.1, 0.15) is 0 Å². The van der Waals surface area contributed by atoms with Crippen LogP contribution in [0.5, 0.6) is 0 Å². The minimum absolute atomic E-state index is 0.0874. The van der Waals surface area contributed by atoms with Crippen LogP contribution in [-0.2, 0) is 16.6 Å². The van der Waals surface area contributed by atoms with E-state index in [2.05, 4.69) is 5.32 Å². The molecule has 0 aromatic heterocycles. The predicted molar refractivity (Wildman–Crippen MR) is 138 cm³/mol. The van der Waals surface area contributed by atoms with Gasteiger partial charge in [0.2, 0.25) is 10.0 Å². The molecule has 0 atom stereocenters. The molecule has 7 nitrogen and oxygen atoms in total. The van der Waals surface area contributed by atoms with Crippen LogP contribution in [0.25, 0.3) is 0 Å². The van der Waals surface area contributed by atoms with Crippen molar-refractivity contribution in [3.63, 3.8) is 0 Å². The molecule has 182 valence electrons. The summed E-state index contributed by atoms with van der Waals surface area (Å²) in [6.07, 6.45) is 3.11. The van der Waals surface area contributed by atoms with Crippen molar-refractivity contribution in [3.05, 3.63) is 94.5 Å². The van der Waals surface area contributed by atoms with E-state index in [9.17, 15) is 18.0 Å². The predicted octanol–water partition coefficient (Wildman–Crippen LogP) is 4.79. The second-order valence-corrected chi connectivity index (χ2v) is 10.8. The summed E-state index contributed by atoms with van der Waals surface area (Å²) in [5, 5.41) is 3.28. The van der Waals surface area contributed by atoms with Crippen LogP contribution < -0.4 is 9.62 Å². The Labute approximate surface area is 210 Å². The summed E-state index contributed by atoms with van der Waals surface area (Å²) < 4.78 is 26.0. The molecule has 9 heteroatoms. The number of likely N-dealkylation sites (tertiary alicyclic amines) is 1. The molecule has 1 heterocycles. The fourth-order valence-corrected chi connectivity index (χ4v) is 5.09. The Hall–Kier alpha value is -3.36. The largest absolute Gasteiger partial charge is 0.339 e. The standard InChI is InChI=1S/C26H26ClN3O4S/c1-35(33,34)30(22-8-6-7-21(27)17-22)18-19-11-13-20(14-12-19)25(31)28-24-10-3-2-9-23(24)26(32)29-15-4-5-16-29/h2-3,6-14,17H,4-5,15-16,18H2,1H3,(H,28,31). The Morgan fingerprint density at radius 2 is 1.66 bits per heavy atom. The summed E-state index contributed by atoms with van der Waals surface area (Å²) >= 11 is 6.04. The molecule has 1 saturated heterocycles. The minimum Gasteiger partial charge on any atom is -0.339 e. The molecule has 1 aliphatic rings. The van der Waals surface area contributed by atoms with Gasteiger partial charge in [0.05, 0.1) is 29.7 Å². The highest BCUT2D eigenvalue weighted by Gasteiger charge is 2.23. The van der Waals surface area contributed by atoms with E-state index in [1.807, 2.05) is 0 Å². The third-order valence-electron chi connectivity index (χ3n) is 5.84. The maximum atomic E-state index is 12.9. The molecule has 35 heavy (non-hydrogen) atoms. The summed E-state index contributed by atoms with van der Waals surface area (Å²) in [6.45, 7) is 1.54. The molecule has 0 unspecified atom stereocenters. The van der Waals surface area contributed by atoms with Crippen LogP contribution in [0.15, 0.2) is 72.8 Å². The maximum absolute atomic E-state index is 12.9. The van der Waals surface area contributed by atoms with Crippen molar-refractivity contribution in [3.8, 4) is 0 Å². The molecule has 0 aliphatic carbocycles. The first-order valence-electron chi connectivity index (χ1n) is 11.2. The fraction of sp³-hybridized carbons (Fsp3) is 0.231. The average Bonchev–Trinajstić information content (AvgIpc) is 3.37. The number of para-hydroxylation sites is 1. The third-order valence-corrected chi connectivity index (χ3v) is 7.21. The molecule has 1 N–H and O–H groups in total. The zero-order valence-electron chi connectivity index (χ0n) is 19.3. The third kappa shape index (κ3) is 6.01. The van der Waals surface area contributed by atoms with Gasteiger partial charge in [0.25, 0.3) is 11.8 Å². The summed E-state index contributed by atoms with van der Waals surface area (Å²) in [5.41, 5.74) is 2.48. The Kier molecular flexibility index (Phi) is 7.42. The number of rotatable bonds is 7. The van der Waals surface area contributed by atoms with E-state index in [1.165, 1.54) is 4.31 Å². The van der Waals surface area contributed by atoms with E-state index in [1.54, 1.807) is 77.7 Å². The quantitative estimate of drug-likeness (QED) is 0.494. The van der Waals surface area contributed by atoms with Gasteiger partial charge >= 0.3 is 0 Å². The lowest BCUT2D eigenvalue weighted by molar-refractivity contribution is 0.0794. The zero-order chi connectivity index (χ0) is 25.0. The van der Waals surface area contributed by atoms with Gasteiger partial charge in [0, 0.05) is 23.7 Å². The summed E-state index contributed by atoms with van der Waals surface area (Å²) in [7, 11) is -3.56. The number of hydrogen-bond acceptors (Lipinski definition) is 4. The molecule has 0 spiro atoms. The Morgan fingerprint density at radius 3 is 2.31 bits per heavy atom. The molecule has 0 radical (unpaired) electrons. The van der Waals surface area contributed by atoms with E-state index >= 15 is 0 Å². The van der Waals surface area contributed by atoms with Gasteiger partial charge in [-0.05, 0) is 60.9 Å². The van der Waals surface area contributed by atoms with E-state index in [0.29, 0.717) is 33.1 Å². The van der Waals surface area contributed by atoms with Crippen LogP contribution in [0.3, 0.4) is 0 Å². The van der Waals surface area contributed by atoms with Crippen molar-refractivity contribution < 1.29 is 18.0 Å². The lowest BCUT2D eigenvalue weighted by Crippen LogP contribution is -2.29. The highest BCUT2D eigenvalue weighted by atomic mass is 35.5. The SMILES string of the molecule is CS(=O)(=O)N(Cc1ccc(C(=O)Nc2ccccc2C(=O)N2CCCC2)cc1)c1cccc(Cl)c1. The number of nitrogens with zero attached hydrogens (tertiary/aromatic N) is 2. The molecular weight excluding hydrogens is 486 g/mol. The Balaban J connectivity index is 1.49. The number of amides is 2. The Bertz CT molecular complexity index is 1340. The second-order valence-electron chi connectivity index (χ2n) is 8.45. The van der Waals surface area contributed by atoms with Crippen molar-refractivity contribution in [1.82, 2.24) is 4.90 Å². The summed E-state index contributed by atoms with van der Waals surface area (Å²) in [6, 6.07) is 20.3. The smallest absolute Gasteiger partial charge is 0.255 e. The molecule has 1 fully saturated rings. The molecule has 0 saturated carbocycles. The molecule has 3 aromatic rings. The highest BCUT2D eigenvalue weighted by Crippen LogP contribution is 2.25. The van der Waals surface area contributed by atoms with E-state index < -0.39 is 10.0 Å². The van der Waals surface area contributed by atoms with Gasteiger partial charge < -0.3 is 10.2 Å². The van der Waals surface area contributed by atoms with Crippen LogP contribution >= 0.6 is 11.6 Å². The first-order valence-corrected chi connectivity index (χ1v) is 13.5. The normalized spacial score (nSPS) is 13.5. The van der Waals surface area contributed by atoms with Crippen molar-refractivity contribution in [1.29, 1.82) is 0 Å².